The van der Waals surface area contributed by atoms with E-state index in [4.69, 9.17) is 4.42 Å². The summed E-state index contributed by atoms with van der Waals surface area (Å²) < 4.78 is 21.4. The zero-order chi connectivity index (χ0) is 17.9. The van der Waals surface area contributed by atoms with Crippen molar-refractivity contribution in [2.75, 3.05) is 6.54 Å². The summed E-state index contributed by atoms with van der Waals surface area (Å²) in [6.45, 7) is 0.933. The molecule has 0 radical (unpaired) electrons. The maximum Gasteiger partial charge on any atom is 0.243 e. The third-order valence-electron chi connectivity index (χ3n) is 4.63. The van der Waals surface area contributed by atoms with Crippen molar-refractivity contribution in [1.29, 1.82) is 0 Å². The molecule has 1 aliphatic heterocycles. The fourth-order valence-corrected chi connectivity index (χ4v) is 3.34. The van der Waals surface area contributed by atoms with E-state index < -0.39 is 0 Å². The number of aromatic nitrogens is 3. The summed E-state index contributed by atoms with van der Waals surface area (Å²) >= 11 is 0. The van der Waals surface area contributed by atoms with E-state index in [2.05, 4.69) is 9.97 Å². The van der Waals surface area contributed by atoms with Crippen LogP contribution < -0.4 is 0 Å². The third-order valence-corrected chi connectivity index (χ3v) is 4.63. The number of halogens is 1. The fourth-order valence-electron chi connectivity index (χ4n) is 3.34. The van der Waals surface area contributed by atoms with Gasteiger partial charge >= 0.3 is 0 Å². The number of rotatable bonds is 5. The molecule has 7 heteroatoms. The number of oxazole rings is 1. The van der Waals surface area contributed by atoms with E-state index in [-0.39, 0.29) is 24.3 Å². The number of hydrogen-bond acceptors (Lipinski definition) is 4. The minimum Gasteiger partial charge on any atom is -0.443 e. The van der Waals surface area contributed by atoms with Crippen LogP contribution in [0.2, 0.25) is 0 Å². The molecule has 1 fully saturated rings. The molecule has 3 heterocycles. The van der Waals surface area contributed by atoms with Gasteiger partial charge in [0.1, 0.15) is 24.2 Å². The van der Waals surface area contributed by atoms with Crippen molar-refractivity contribution in [3.05, 3.63) is 72.2 Å². The van der Waals surface area contributed by atoms with Crippen molar-refractivity contribution in [3.63, 3.8) is 0 Å². The SMILES string of the molecule is O=C(Cn1ccnc1)N1CCC[C@H]1c1ncc(Cc2ccccc2F)o1. The van der Waals surface area contributed by atoms with Crippen LogP contribution in [-0.4, -0.2) is 31.9 Å². The average Bonchev–Trinajstić information content (AvgIpc) is 3.37. The zero-order valence-electron chi connectivity index (χ0n) is 14.2. The number of likely N-dealkylation sites (tertiary alicyclic amines) is 1. The highest BCUT2D eigenvalue weighted by Gasteiger charge is 2.33. The van der Waals surface area contributed by atoms with Gasteiger partial charge in [-0.2, -0.15) is 0 Å². The molecule has 1 aliphatic rings. The van der Waals surface area contributed by atoms with Gasteiger partial charge in [-0.3, -0.25) is 4.79 Å². The molecule has 0 unspecified atom stereocenters. The molecule has 1 saturated heterocycles. The topological polar surface area (TPSA) is 64.2 Å². The second-order valence-corrected chi connectivity index (χ2v) is 6.41. The van der Waals surface area contributed by atoms with E-state index in [0.29, 0.717) is 30.2 Å². The van der Waals surface area contributed by atoms with Crippen molar-refractivity contribution in [1.82, 2.24) is 19.4 Å². The normalized spacial score (nSPS) is 17.0. The summed E-state index contributed by atoms with van der Waals surface area (Å²) in [5.74, 6) is 0.870. The van der Waals surface area contributed by atoms with E-state index in [1.165, 1.54) is 6.07 Å². The molecule has 0 N–H and O–H groups in total. The molecule has 26 heavy (non-hydrogen) atoms. The molecule has 4 rings (SSSR count). The largest absolute Gasteiger partial charge is 0.443 e. The quantitative estimate of drug-likeness (QED) is 0.707. The lowest BCUT2D eigenvalue weighted by atomic mass is 10.1. The first-order valence-corrected chi connectivity index (χ1v) is 8.64. The Morgan fingerprint density at radius 2 is 2.23 bits per heavy atom. The summed E-state index contributed by atoms with van der Waals surface area (Å²) in [6.07, 6.45) is 8.73. The summed E-state index contributed by atoms with van der Waals surface area (Å²) in [5.41, 5.74) is 0.565. The van der Waals surface area contributed by atoms with E-state index in [1.54, 1.807) is 52.6 Å². The summed E-state index contributed by atoms with van der Waals surface area (Å²) in [5, 5.41) is 0. The Labute approximate surface area is 150 Å². The molecule has 0 spiro atoms. The van der Waals surface area contributed by atoms with Crippen LogP contribution in [0.4, 0.5) is 4.39 Å². The first kappa shape index (κ1) is 16.5. The number of carbonyl (C=O) groups is 1. The van der Waals surface area contributed by atoms with Gasteiger partial charge in [-0.1, -0.05) is 18.2 Å². The van der Waals surface area contributed by atoms with Gasteiger partial charge in [0.25, 0.3) is 0 Å². The summed E-state index contributed by atoms with van der Waals surface area (Å²) in [4.78, 5) is 22.7. The molecule has 0 aliphatic carbocycles. The number of hydrogen-bond donors (Lipinski definition) is 0. The van der Waals surface area contributed by atoms with E-state index in [9.17, 15) is 9.18 Å². The summed E-state index contributed by atoms with van der Waals surface area (Å²) in [7, 11) is 0. The van der Waals surface area contributed by atoms with E-state index >= 15 is 0 Å². The standard InChI is InChI=1S/C19H19FN4O2/c20-16-5-2-1-4-14(16)10-15-11-22-19(26-15)17-6-3-8-24(17)18(25)12-23-9-7-21-13-23/h1-2,4-5,7,9,11,13,17H,3,6,8,10,12H2/t17-/m0/s1. The van der Waals surface area contributed by atoms with Gasteiger partial charge in [0.2, 0.25) is 11.8 Å². The van der Waals surface area contributed by atoms with Crippen LogP contribution in [0.3, 0.4) is 0 Å². The Morgan fingerprint density at radius 3 is 3.04 bits per heavy atom. The molecular formula is C19H19FN4O2. The van der Waals surface area contributed by atoms with Crippen LogP contribution in [0.25, 0.3) is 0 Å². The molecule has 0 saturated carbocycles. The molecule has 6 nitrogen and oxygen atoms in total. The molecule has 2 aromatic heterocycles. The highest BCUT2D eigenvalue weighted by atomic mass is 19.1. The molecule has 134 valence electrons. The van der Waals surface area contributed by atoms with Gasteiger partial charge in [0.05, 0.1) is 12.5 Å². The van der Waals surface area contributed by atoms with Gasteiger partial charge in [-0.25, -0.2) is 14.4 Å². The van der Waals surface area contributed by atoms with E-state index in [1.807, 2.05) is 0 Å². The maximum absolute atomic E-state index is 13.8. The average molecular weight is 354 g/mol. The first-order valence-electron chi connectivity index (χ1n) is 8.64. The lowest BCUT2D eigenvalue weighted by Crippen LogP contribution is -2.33. The third kappa shape index (κ3) is 3.37. The van der Waals surface area contributed by atoms with Gasteiger partial charge in [-0.15, -0.1) is 0 Å². The second-order valence-electron chi connectivity index (χ2n) is 6.41. The number of carbonyl (C=O) groups excluding carboxylic acids is 1. The van der Waals surface area contributed by atoms with Gasteiger partial charge in [-0.05, 0) is 24.5 Å². The molecule has 0 bridgehead atoms. The Bertz CT molecular complexity index is 891. The Hall–Kier alpha value is -2.96. The minimum absolute atomic E-state index is 0.0133. The molecular weight excluding hydrogens is 335 g/mol. The van der Waals surface area contributed by atoms with Crippen molar-refractivity contribution < 1.29 is 13.6 Å². The summed E-state index contributed by atoms with van der Waals surface area (Å²) in [6, 6.07) is 6.45. The number of imidazole rings is 1. The van der Waals surface area contributed by atoms with Crippen molar-refractivity contribution in [2.24, 2.45) is 0 Å². The predicted molar refractivity (Wildman–Crippen MR) is 91.6 cm³/mol. The fraction of sp³-hybridized carbons (Fsp3) is 0.316. The highest BCUT2D eigenvalue weighted by Crippen LogP contribution is 2.32. The minimum atomic E-state index is -0.261. The maximum atomic E-state index is 13.8. The molecule has 1 atom stereocenters. The van der Waals surface area contributed by atoms with Gasteiger partial charge in [0.15, 0.2) is 0 Å². The lowest BCUT2D eigenvalue weighted by molar-refractivity contribution is -0.133. The first-order chi connectivity index (χ1) is 12.7. The smallest absolute Gasteiger partial charge is 0.243 e. The van der Waals surface area contributed by atoms with Crippen LogP contribution >= 0.6 is 0 Å². The van der Waals surface area contributed by atoms with Crippen molar-refractivity contribution >= 4 is 5.91 Å². The monoisotopic (exact) mass is 354 g/mol. The van der Waals surface area contributed by atoms with Crippen LogP contribution in [0.15, 0.2) is 53.6 Å². The molecule has 1 amide bonds. The number of amides is 1. The van der Waals surface area contributed by atoms with Crippen LogP contribution in [0.1, 0.15) is 36.1 Å². The van der Waals surface area contributed by atoms with E-state index in [0.717, 1.165) is 12.8 Å². The van der Waals surface area contributed by atoms with Crippen LogP contribution in [0.5, 0.6) is 0 Å². The second kappa shape index (κ2) is 7.11. The van der Waals surface area contributed by atoms with Crippen LogP contribution in [-0.2, 0) is 17.8 Å². The Balaban J connectivity index is 1.47. The molecule has 1 aromatic carbocycles. The van der Waals surface area contributed by atoms with Gasteiger partial charge in [0, 0.05) is 25.4 Å². The predicted octanol–water partition coefficient (Wildman–Crippen LogP) is 2.96. The van der Waals surface area contributed by atoms with Crippen molar-refractivity contribution in [2.45, 2.75) is 31.8 Å². The molecule has 3 aromatic rings. The van der Waals surface area contributed by atoms with Crippen LogP contribution in [0, 0.1) is 5.82 Å². The van der Waals surface area contributed by atoms with Crippen molar-refractivity contribution in [3.8, 4) is 0 Å². The highest BCUT2D eigenvalue weighted by molar-refractivity contribution is 5.76. The zero-order valence-corrected chi connectivity index (χ0v) is 14.2. The number of benzene rings is 1. The van der Waals surface area contributed by atoms with Gasteiger partial charge < -0.3 is 13.9 Å². The Kier molecular flexibility index (Phi) is 4.51. The number of nitrogens with zero attached hydrogens (tertiary/aromatic N) is 4. The Morgan fingerprint density at radius 1 is 1.35 bits per heavy atom. The lowest BCUT2D eigenvalue weighted by Gasteiger charge is -2.22.